The number of aromatic amines is 1. The van der Waals surface area contributed by atoms with Gasteiger partial charge in [-0.05, 0) is 35.9 Å². The highest BCUT2D eigenvalue weighted by molar-refractivity contribution is 9.10. The summed E-state index contributed by atoms with van der Waals surface area (Å²) in [6, 6.07) is 10.9. The van der Waals surface area contributed by atoms with Crippen LogP contribution in [0.2, 0.25) is 5.02 Å². The van der Waals surface area contributed by atoms with E-state index < -0.39 is 10.8 Å². The number of H-pyrrole nitrogens is 1. The number of nitro groups is 1. The second-order valence-corrected chi connectivity index (χ2v) is 7.22. The molecule has 1 aliphatic heterocycles. The number of allylic oxidation sites excluding steroid dienone is 1. The van der Waals surface area contributed by atoms with Crippen molar-refractivity contribution in [3.05, 3.63) is 84.9 Å². The first kappa shape index (κ1) is 16.9. The Balaban J connectivity index is 2.03. The van der Waals surface area contributed by atoms with Gasteiger partial charge in [0.05, 0.1) is 4.92 Å². The van der Waals surface area contributed by atoms with Crippen molar-refractivity contribution >= 4 is 38.4 Å². The Bertz CT molecular complexity index is 1080. The number of nitrogens with one attached hydrogen (secondary N) is 2. The Morgan fingerprint density at radius 2 is 2.08 bits per heavy atom. The lowest BCUT2D eigenvalue weighted by molar-refractivity contribution is -0.432. The van der Waals surface area contributed by atoms with Crippen LogP contribution >= 0.6 is 27.5 Å². The number of aromatic nitrogens is 1. The molecule has 0 radical (unpaired) electrons. The molecule has 0 spiro atoms. The highest BCUT2D eigenvalue weighted by atomic mass is 79.9. The molecule has 8 heteroatoms. The summed E-state index contributed by atoms with van der Waals surface area (Å²) in [4.78, 5) is 14.7. The Morgan fingerprint density at radius 3 is 2.81 bits per heavy atom. The van der Waals surface area contributed by atoms with Crippen molar-refractivity contribution in [2.75, 3.05) is 7.05 Å². The molecule has 0 bridgehead atoms. The summed E-state index contributed by atoms with van der Waals surface area (Å²) in [6.07, 6.45) is 1.80. The molecule has 4 rings (SSSR count). The lowest BCUT2D eigenvalue weighted by Crippen LogP contribution is -2.27. The van der Waals surface area contributed by atoms with Gasteiger partial charge in [0.25, 0.3) is 5.88 Å². The fraction of sp³-hybridized carbons (Fsp3) is 0.111. The summed E-state index contributed by atoms with van der Waals surface area (Å²) in [7, 11) is 1.60. The van der Waals surface area contributed by atoms with Crippen molar-refractivity contribution in [3.63, 3.8) is 0 Å². The van der Waals surface area contributed by atoms with E-state index in [0.29, 0.717) is 16.3 Å². The number of benzene rings is 2. The Hall–Kier alpha value is -2.51. The minimum absolute atomic E-state index is 0.0499. The lowest BCUT2D eigenvalue weighted by Gasteiger charge is -2.25. The average Bonchev–Trinajstić information content (AvgIpc) is 3.02. The molecule has 1 atom stereocenters. The van der Waals surface area contributed by atoms with Gasteiger partial charge in [-0.25, -0.2) is 0 Å². The molecule has 2 aromatic carbocycles. The first-order valence-corrected chi connectivity index (χ1v) is 8.97. The quantitative estimate of drug-likeness (QED) is 0.459. The topological polar surface area (TPSA) is 80.2 Å². The van der Waals surface area contributed by atoms with Gasteiger partial charge >= 0.3 is 5.70 Å². The minimum atomic E-state index is -0.621. The van der Waals surface area contributed by atoms with E-state index in [9.17, 15) is 10.1 Å². The molecule has 1 aromatic heterocycles. The molecule has 6 nitrogen and oxygen atoms in total. The molecule has 132 valence electrons. The fourth-order valence-corrected chi connectivity index (χ4v) is 3.86. The van der Waals surface area contributed by atoms with Gasteiger partial charge in [0.15, 0.2) is 0 Å². The van der Waals surface area contributed by atoms with Gasteiger partial charge in [-0.3, -0.25) is 10.1 Å². The molecule has 0 saturated heterocycles. The Labute approximate surface area is 162 Å². The van der Waals surface area contributed by atoms with Gasteiger partial charge in [0.2, 0.25) is 0 Å². The van der Waals surface area contributed by atoms with Crippen LogP contribution in [0.3, 0.4) is 0 Å². The van der Waals surface area contributed by atoms with Gasteiger partial charge < -0.3 is 15.0 Å². The fourth-order valence-electron chi connectivity index (χ4n) is 3.32. The SMILES string of the molecule is CNC1=C([N+](=O)[O-])C(c2c[nH]c3cc(Br)ccc23)c2cc(Cl)ccc2O1. The summed E-state index contributed by atoms with van der Waals surface area (Å²) >= 11 is 9.61. The predicted molar refractivity (Wildman–Crippen MR) is 103 cm³/mol. The van der Waals surface area contributed by atoms with Gasteiger partial charge in [-0.2, -0.15) is 0 Å². The smallest absolute Gasteiger partial charge is 0.317 e. The van der Waals surface area contributed by atoms with Gasteiger partial charge in [-0.15, -0.1) is 0 Å². The summed E-state index contributed by atoms with van der Waals surface area (Å²) in [6.45, 7) is 0. The minimum Gasteiger partial charge on any atom is -0.435 e. The Kier molecular flexibility index (Phi) is 4.13. The third-order valence-corrected chi connectivity index (χ3v) is 5.14. The van der Waals surface area contributed by atoms with Crippen molar-refractivity contribution in [1.82, 2.24) is 10.3 Å². The number of ether oxygens (including phenoxy) is 1. The molecule has 0 fully saturated rings. The van der Waals surface area contributed by atoms with Crippen LogP contribution in [0.25, 0.3) is 10.9 Å². The molecular weight excluding hydrogens is 422 g/mol. The van der Waals surface area contributed by atoms with Gasteiger partial charge in [0.1, 0.15) is 11.7 Å². The van der Waals surface area contributed by atoms with E-state index >= 15 is 0 Å². The third kappa shape index (κ3) is 2.64. The highest BCUT2D eigenvalue weighted by Gasteiger charge is 2.40. The largest absolute Gasteiger partial charge is 0.435 e. The van der Waals surface area contributed by atoms with Gasteiger partial charge in [-0.1, -0.05) is 33.6 Å². The van der Waals surface area contributed by atoms with E-state index in [4.69, 9.17) is 16.3 Å². The summed E-state index contributed by atoms with van der Waals surface area (Å²) in [5, 5.41) is 16.1. The summed E-state index contributed by atoms with van der Waals surface area (Å²) in [5.41, 5.74) is 2.29. The number of fused-ring (bicyclic) bond motifs is 2. The van der Waals surface area contributed by atoms with Crippen LogP contribution in [0.4, 0.5) is 0 Å². The highest BCUT2D eigenvalue weighted by Crippen LogP contribution is 2.45. The maximum absolute atomic E-state index is 11.9. The molecule has 2 N–H and O–H groups in total. The monoisotopic (exact) mass is 433 g/mol. The summed E-state index contributed by atoms with van der Waals surface area (Å²) < 4.78 is 6.65. The van der Waals surface area contributed by atoms with Crippen LogP contribution in [0, 0.1) is 10.1 Å². The lowest BCUT2D eigenvalue weighted by atomic mass is 9.86. The van der Waals surface area contributed by atoms with Crippen molar-refractivity contribution < 1.29 is 9.66 Å². The molecular formula is C18H13BrClN3O3. The normalized spacial score (nSPS) is 16.3. The average molecular weight is 435 g/mol. The summed E-state index contributed by atoms with van der Waals surface area (Å²) in [5.74, 6) is 0.0481. The molecule has 0 saturated carbocycles. The van der Waals surface area contributed by atoms with E-state index in [1.54, 1.807) is 31.4 Å². The molecule has 1 unspecified atom stereocenters. The number of nitrogens with zero attached hydrogens (tertiary/aromatic N) is 1. The number of hydrogen-bond donors (Lipinski definition) is 2. The van der Waals surface area contributed by atoms with Crippen LogP contribution < -0.4 is 10.1 Å². The van der Waals surface area contributed by atoms with Crippen molar-refractivity contribution in [1.29, 1.82) is 0 Å². The Morgan fingerprint density at radius 1 is 1.27 bits per heavy atom. The zero-order valence-electron chi connectivity index (χ0n) is 13.5. The molecule has 3 aromatic rings. The van der Waals surface area contributed by atoms with E-state index in [0.717, 1.165) is 20.9 Å². The number of rotatable bonds is 3. The van der Waals surface area contributed by atoms with Crippen LogP contribution in [0.1, 0.15) is 17.0 Å². The van der Waals surface area contributed by atoms with E-state index in [-0.39, 0.29) is 11.6 Å². The molecule has 1 aliphatic rings. The van der Waals surface area contributed by atoms with Crippen molar-refractivity contribution in [2.24, 2.45) is 0 Å². The van der Waals surface area contributed by atoms with Crippen LogP contribution in [-0.2, 0) is 0 Å². The molecule has 26 heavy (non-hydrogen) atoms. The molecule has 0 amide bonds. The molecule has 2 heterocycles. The van der Waals surface area contributed by atoms with E-state index in [1.807, 2.05) is 18.2 Å². The second kappa shape index (κ2) is 6.34. The number of hydrogen-bond acceptors (Lipinski definition) is 4. The zero-order valence-corrected chi connectivity index (χ0v) is 15.9. The second-order valence-electron chi connectivity index (χ2n) is 5.87. The molecule has 0 aliphatic carbocycles. The zero-order chi connectivity index (χ0) is 18.4. The van der Waals surface area contributed by atoms with E-state index in [2.05, 4.69) is 26.2 Å². The van der Waals surface area contributed by atoms with Crippen molar-refractivity contribution in [2.45, 2.75) is 5.92 Å². The predicted octanol–water partition coefficient (Wildman–Crippen LogP) is 4.77. The van der Waals surface area contributed by atoms with E-state index in [1.165, 1.54) is 0 Å². The standard InChI is InChI=1S/C18H13BrClN3O3/c1-21-18-17(23(24)25)16(12-7-10(20)3-5-15(12)26-18)13-8-22-14-6-9(19)2-4-11(13)14/h2-8,16,21-22H,1H3. The van der Waals surface area contributed by atoms with Crippen LogP contribution in [0.15, 0.2) is 58.6 Å². The maximum Gasteiger partial charge on any atom is 0.317 e. The first-order chi connectivity index (χ1) is 12.5. The number of halogens is 2. The van der Waals surface area contributed by atoms with Crippen LogP contribution in [0.5, 0.6) is 5.75 Å². The van der Waals surface area contributed by atoms with Crippen LogP contribution in [-0.4, -0.2) is 17.0 Å². The maximum atomic E-state index is 11.9. The first-order valence-electron chi connectivity index (χ1n) is 7.79. The van der Waals surface area contributed by atoms with Crippen molar-refractivity contribution in [3.8, 4) is 5.75 Å². The third-order valence-electron chi connectivity index (χ3n) is 4.41. The van der Waals surface area contributed by atoms with Gasteiger partial charge in [0, 0.05) is 39.2 Å².